The van der Waals surface area contributed by atoms with Gasteiger partial charge in [0.15, 0.2) is 0 Å². The van der Waals surface area contributed by atoms with Crippen molar-refractivity contribution in [3.05, 3.63) is 29.3 Å². The largest absolute Gasteiger partial charge is 0.399 e. The highest BCUT2D eigenvalue weighted by molar-refractivity contribution is 5.95. The van der Waals surface area contributed by atoms with Gasteiger partial charge in [-0.1, -0.05) is 0 Å². The number of primary amides is 1. The number of carbonyl (C=O) groups is 2. The molecule has 1 aliphatic carbocycles. The van der Waals surface area contributed by atoms with Gasteiger partial charge in [-0.15, -0.1) is 0 Å². The van der Waals surface area contributed by atoms with Crippen LogP contribution in [0.4, 0.5) is 5.69 Å². The minimum atomic E-state index is -0.235. The predicted octanol–water partition coefficient (Wildman–Crippen LogP) is 1.35. The molecule has 1 fully saturated rings. The van der Waals surface area contributed by atoms with Crippen LogP contribution in [0.1, 0.15) is 41.6 Å². The first-order valence-electron chi connectivity index (χ1n) is 6.93. The van der Waals surface area contributed by atoms with E-state index in [0.717, 1.165) is 31.2 Å². The summed E-state index contributed by atoms with van der Waals surface area (Å²) < 4.78 is 0. The number of hydrogen-bond donors (Lipinski definition) is 3. The van der Waals surface area contributed by atoms with Gasteiger partial charge in [0.25, 0.3) is 5.91 Å². The van der Waals surface area contributed by atoms with Crippen LogP contribution in [0.3, 0.4) is 0 Å². The van der Waals surface area contributed by atoms with Crippen molar-refractivity contribution < 1.29 is 9.59 Å². The highest BCUT2D eigenvalue weighted by atomic mass is 16.2. The third-order valence-electron chi connectivity index (χ3n) is 3.83. The van der Waals surface area contributed by atoms with E-state index in [1.807, 2.05) is 19.1 Å². The van der Waals surface area contributed by atoms with Gasteiger partial charge in [-0.3, -0.25) is 9.59 Å². The summed E-state index contributed by atoms with van der Waals surface area (Å²) in [6, 6.07) is 5.44. The van der Waals surface area contributed by atoms with E-state index in [-0.39, 0.29) is 23.8 Å². The first-order chi connectivity index (χ1) is 9.45. The molecule has 0 radical (unpaired) electrons. The zero-order valence-electron chi connectivity index (χ0n) is 11.7. The number of aryl methyl sites for hydroxylation is 1. The van der Waals surface area contributed by atoms with E-state index in [4.69, 9.17) is 11.5 Å². The number of carbonyl (C=O) groups excluding carboxylic acids is 2. The Bertz CT molecular complexity index is 500. The van der Waals surface area contributed by atoms with Crippen molar-refractivity contribution in [3.8, 4) is 0 Å². The zero-order valence-corrected chi connectivity index (χ0v) is 11.7. The van der Waals surface area contributed by atoms with Crippen LogP contribution in [0.15, 0.2) is 18.2 Å². The lowest BCUT2D eigenvalue weighted by molar-refractivity contribution is -0.122. The van der Waals surface area contributed by atoms with E-state index in [1.54, 1.807) is 6.07 Å². The predicted molar refractivity (Wildman–Crippen MR) is 78.0 cm³/mol. The normalized spacial score (nSPS) is 22.2. The van der Waals surface area contributed by atoms with Crippen molar-refractivity contribution in [2.45, 2.75) is 38.6 Å². The summed E-state index contributed by atoms with van der Waals surface area (Å²) in [4.78, 5) is 23.3. The smallest absolute Gasteiger partial charge is 0.251 e. The van der Waals surface area contributed by atoms with Crippen molar-refractivity contribution in [1.82, 2.24) is 5.32 Å². The van der Waals surface area contributed by atoms with Gasteiger partial charge < -0.3 is 16.8 Å². The van der Waals surface area contributed by atoms with Gasteiger partial charge in [-0.05, 0) is 56.4 Å². The number of hydrogen-bond acceptors (Lipinski definition) is 3. The molecular weight excluding hydrogens is 254 g/mol. The monoisotopic (exact) mass is 275 g/mol. The molecule has 2 rings (SSSR count). The van der Waals surface area contributed by atoms with E-state index in [9.17, 15) is 9.59 Å². The molecule has 5 N–H and O–H groups in total. The molecule has 5 heteroatoms. The van der Waals surface area contributed by atoms with Gasteiger partial charge in [0.2, 0.25) is 5.91 Å². The van der Waals surface area contributed by atoms with Gasteiger partial charge >= 0.3 is 0 Å². The summed E-state index contributed by atoms with van der Waals surface area (Å²) in [5, 5.41) is 3.00. The fraction of sp³-hybridized carbons (Fsp3) is 0.467. The number of nitrogens with one attached hydrogen (secondary N) is 1. The number of nitrogen functional groups attached to an aromatic ring is 1. The maximum atomic E-state index is 12.2. The van der Waals surface area contributed by atoms with Crippen LogP contribution in [-0.4, -0.2) is 17.9 Å². The minimum absolute atomic E-state index is 0.0437. The second-order valence-corrected chi connectivity index (χ2v) is 5.56. The lowest BCUT2D eigenvalue weighted by Crippen LogP contribution is -2.39. The molecule has 1 aromatic rings. The van der Waals surface area contributed by atoms with Crippen LogP contribution in [0.2, 0.25) is 0 Å². The first kappa shape index (κ1) is 14.4. The summed E-state index contributed by atoms with van der Waals surface area (Å²) in [5.41, 5.74) is 13.2. The number of amides is 2. The molecule has 0 heterocycles. The summed E-state index contributed by atoms with van der Waals surface area (Å²) in [7, 11) is 0. The third-order valence-corrected chi connectivity index (χ3v) is 3.83. The molecule has 2 amide bonds. The topological polar surface area (TPSA) is 98.2 Å². The average Bonchev–Trinajstić information content (AvgIpc) is 2.38. The van der Waals surface area contributed by atoms with Crippen LogP contribution in [0, 0.1) is 12.8 Å². The van der Waals surface area contributed by atoms with E-state index >= 15 is 0 Å². The maximum Gasteiger partial charge on any atom is 0.251 e. The summed E-state index contributed by atoms with van der Waals surface area (Å²) >= 11 is 0. The molecule has 20 heavy (non-hydrogen) atoms. The second kappa shape index (κ2) is 5.94. The van der Waals surface area contributed by atoms with E-state index in [0.29, 0.717) is 11.3 Å². The molecule has 5 nitrogen and oxygen atoms in total. The number of nitrogens with two attached hydrogens (primary N) is 2. The second-order valence-electron chi connectivity index (χ2n) is 5.56. The van der Waals surface area contributed by atoms with Gasteiger partial charge in [0, 0.05) is 23.2 Å². The molecule has 108 valence electrons. The van der Waals surface area contributed by atoms with E-state index < -0.39 is 0 Å². The Morgan fingerprint density at radius 2 is 1.80 bits per heavy atom. The lowest BCUT2D eigenvalue weighted by atomic mass is 9.85. The molecule has 1 saturated carbocycles. The zero-order chi connectivity index (χ0) is 14.7. The third kappa shape index (κ3) is 3.50. The highest BCUT2D eigenvalue weighted by Crippen LogP contribution is 2.24. The number of benzene rings is 1. The van der Waals surface area contributed by atoms with Crippen molar-refractivity contribution in [3.63, 3.8) is 0 Å². The highest BCUT2D eigenvalue weighted by Gasteiger charge is 2.25. The molecule has 0 aromatic heterocycles. The average molecular weight is 275 g/mol. The van der Waals surface area contributed by atoms with Crippen molar-refractivity contribution >= 4 is 17.5 Å². The van der Waals surface area contributed by atoms with Gasteiger partial charge in [-0.25, -0.2) is 0 Å². The van der Waals surface area contributed by atoms with Crippen molar-refractivity contribution in [2.24, 2.45) is 11.7 Å². The van der Waals surface area contributed by atoms with Crippen LogP contribution >= 0.6 is 0 Å². The van der Waals surface area contributed by atoms with Crippen LogP contribution in [-0.2, 0) is 4.79 Å². The van der Waals surface area contributed by atoms with Gasteiger partial charge in [0.1, 0.15) is 0 Å². The van der Waals surface area contributed by atoms with Gasteiger partial charge in [-0.2, -0.15) is 0 Å². The van der Waals surface area contributed by atoms with Crippen LogP contribution in [0.5, 0.6) is 0 Å². The molecule has 0 atom stereocenters. The minimum Gasteiger partial charge on any atom is -0.399 e. The summed E-state index contributed by atoms with van der Waals surface area (Å²) in [6.45, 7) is 1.91. The standard InChI is InChI=1S/C15H21N3O2/c1-9-6-11(8-12(16)7-9)15(20)18-13-4-2-10(3-5-13)14(17)19/h6-8,10,13H,2-5,16H2,1H3,(H2,17,19)(H,18,20). The van der Waals surface area contributed by atoms with Crippen molar-refractivity contribution in [1.29, 1.82) is 0 Å². The lowest BCUT2D eigenvalue weighted by Gasteiger charge is -2.27. The van der Waals surface area contributed by atoms with E-state index in [2.05, 4.69) is 5.32 Å². The Kier molecular flexibility index (Phi) is 4.27. The Labute approximate surface area is 118 Å². The molecule has 1 aromatic carbocycles. The summed E-state index contributed by atoms with van der Waals surface area (Å²) in [5.74, 6) is -0.387. The van der Waals surface area contributed by atoms with Crippen LogP contribution in [0.25, 0.3) is 0 Å². The quantitative estimate of drug-likeness (QED) is 0.726. The first-order valence-corrected chi connectivity index (χ1v) is 6.93. The number of anilines is 1. The van der Waals surface area contributed by atoms with Crippen LogP contribution < -0.4 is 16.8 Å². The molecule has 0 unspecified atom stereocenters. The Morgan fingerprint density at radius 3 is 2.35 bits per heavy atom. The van der Waals surface area contributed by atoms with Gasteiger partial charge in [0.05, 0.1) is 0 Å². The fourth-order valence-electron chi connectivity index (χ4n) is 2.73. The maximum absolute atomic E-state index is 12.2. The SMILES string of the molecule is Cc1cc(N)cc(C(=O)NC2CCC(C(N)=O)CC2)c1. The molecule has 0 bridgehead atoms. The molecular formula is C15H21N3O2. The van der Waals surface area contributed by atoms with E-state index in [1.165, 1.54) is 0 Å². The summed E-state index contributed by atoms with van der Waals surface area (Å²) in [6.07, 6.45) is 3.08. The fourth-order valence-corrected chi connectivity index (χ4v) is 2.73. The molecule has 0 saturated heterocycles. The number of rotatable bonds is 3. The molecule has 0 aliphatic heterocycles. The Morgan fingerprint density at radius 1 is 1.15 bits per heavy atom. The molecule has 1 aliphatic rings. The van der Waals surface area contributed by atoms with Crippen molar-refractivity contribution in [2.75, 3.05) is 5.73 Å². The Balaban J connectivity index is 1.94. The molecule has 0 spiro atoms. The Hall–Kier alpha value is -2.04.